The summed E-state index contributed by atoms with van der Waals surface area (Å²) in [4.78, 5) is 0. The second kappa shape index (κ2) is 6.03. The van der Waals surface area contributed by atoms with E-state index >= 15 is 0 Å². The molecular weight excluding hydrogens is 249 g/mol. The van der Waals surface area contributed by atoms with Gasteiger partial charge in [0.15, 0.2) is 0 Å². The van der Waals surface area contributed by atoms with E-state index in [4.69, 9.17) is 17.3 Å². The lowest BCUT2D eigenvalue weighted by molar-refractivity contribution is 0.514. The number of hydrogen-bond donors (Lipinski definition) is 1. The second-order valence-corrected chi connectivity index (χ2v) is 6.48. The van der Waals surface area contributed by atoms with E-state index < -0.39 is 0 Å². The first-order valence-corrected chi connectivity index (χ1v) is 6.82. The van der Waals surface area contributed by atoms with Crippen LogP contribution in [-0.4, -0.2) is 6.54 Å². The molecule has 1 atom stereocenters. The van der Waals surface area contributed by atoms with Gasteiger partial charge in [-0.3, -0.25) is 0 Å². The first-order chi connectivity index (χ1) is 8.25. The number of rotatable bonds is 4. The van der Waals surface area contributed by atoms with E-state index in [0.29, 0.717) is 18.0 Å². The van der Waals surface area contributed by atoms with Gasteiger partial charge in [0.05, 0.1) is 5.02 Å². The lowest BCUT2D eigenvalue weighted by Crippen LogP contribution is -2.15. The number of hydrogen-bond acceptors (Lipinski definition) is 1. The van der Waals surface area contributed by atoms with Gasteiger partial charge in [-0.2, -0.15) is 0 Å². The largest absolute Gasteiger partial charge is 0.330 e. The molecule has 0 saturated heterocycles. The molecule has 2 N–H and O–H groups in total. The van der Waals surface area contributed by atoms with E-state index in [1.807, 2.05) is 26.8 Å². The molecule has 18 heavy (non-hydrogen) atoms. The molecule has 0 radical (unpaired) electrons. The van der Waals surface area contributed by atoms with Crippen LogP contribution < -0.4 is 5.73 Å². The van der Waals surface area contributed by atoms with Crippen molar-refractivity contribution in [3.63, 3.8) is 0 Å². The minimum absolute atomic E-state index is 0.220. The van der Waals surface area contributed by atoms with Crippen LogP contribution in [0.4, 0.5) is 4.39 Å². The molecule has 0 aliphatic rings. The van der Waals surface area contributed by atoms with Crippen LogP contribution in [0.25, 0.3) is 0 Å². The van der Waals surface area contributed by atoms with E-state index in [0.717, 1.165) is 18.4 Å². The standard InChI is InChI=1S/C15H23ClFN/c1-10(5-6-18)7-11-8-12(15(2,3)4)14(17)13(16)9-11/h8-10H,5-7,18H2,1-4H3. The predicted molar refractivity (Wildman–Crippen MR) is 76.6 cm³/mol. The van der Waals surface area contributed by atoms with Crippen molar-refractivity contribution in [2.45, 2.75) is 46.0 Å². The summed E-state index contributed by atoms with van der Waals surface area (Å²) >= 11 is 5.99. The average Bonchev–Trinajstić information content (AvgIpc) is 2.21. The van der Waals surface area contributed by atoms with E-state index in [-0.39, 0.29) is 16.3 Å². The van der Waals surface area contributed by atoms with Crippen molar-refractivity contribution >= 4 is 11.6 Å². The molecule has 102 valence electrons. The summed E-state index contributed by atoms with van der Waals surface area (Å²) in [5.74, 6) is 0.198. The smallest absolute Gasteiger partial charge is 0.145 e. The monoisotopic (exact) mass is 271 g/mol. The van der Waals surface area contributed by atoms with Gasteiger partial charge in [0.1, 0.15) is 5.82 Å². The summed E-state index contributed by atoms with van der Waals surface area (Å²) in [5.41, 5.74) is 7.09. The summed E-state index contributed by atoms with van der Waals surface area (Å²) in [6, 6.07) is 3.67. The zero-order chi connectivity index (χ0) is 13.9. The van der Waals surface area contributed by atoms with Gasteiger partial charge in [0, 0.05) is 0 Å². The zero-order valence-corrected chi connectivity index (χ0v) is 12.4. The fourth-order valence-corrected chi connectivity index (χ4v) is 2.34. The topological polar surface area (TPSA) is 26.0 Å². The highest BCUT2D eigenvalue weighted by atomic mass is 35.5. The predicted octanol–water partition coefficient (Wildman–Crippen LogP) is 4.30. The molecule has 0 saturated carbocycles. The summed E-state index contributed by atoms with van der Waals surface area (Å²) in [5, 5.41) is 0.220. The van der Waals surface area contributed by atoms with E-state index in [1.165, 1.54) is 0 Å². The molecule has 3 heteroatoms. The van der Waals surface area contributed by atoms with Gasteiger partial charge in [0.2, 0.25) is 0 Å². The maximum Gasteiger partial charge on any atom is 0.145 e. The van der Waals surface area contributed by atoms with Crippen LogP contribution in [0.3, 0.4) is 0 Å². The van der Waals surface area contributed by atoms with Gasteiger partial charge in [0.25, 0.3) is 0 Å². The Morgan fingerprint density at radius 1 is 1.33 bits per heavy atom. The minimum atomic E-state index is -0.292. The molecule has 0 aliphatic heterocycles. The molecular formula is C15H23ClFN. The summed E-state index contributed by atoms with van der Waals surface area (Å²) in [7, 11) is 0. The van der Waals surface area contributed by atoms with Crippen LogP contribution >= 0.6 is 11.6 Å². The van der Waals surface area contributed by atoms with Gasteiger partial charge in [-0.15, -0.1) is 0 Å². The van der Waals surface area contributed by atoms with Crippen LogP contribution in [0.2, 0.25) is 5.02 Å². The van der Waals surface area contributed by atoms with Gasteiger partial charge in [-0.05, 0) is 47.9 Å². The Bertz CT molecular complexity index is 410. The van der Waals surface area contributed by atoms with Gasteiger partial charge < -0.3 is 5.73 Å². The molecule has 0 heterocycles. The highest BCUT2D eigenvalue weighted by molar-refractivity contribution is 6.30. The first kappa shape index (κ1) is 15.5. The van der Waals surface area contributed by atoms with E-state index in [9.17, 15) is 4.39 Å². The van der Waals surface area contributed by atoms with Crippen LogP contribution in [0, 0.1) is 11.7 Å². The maximum absolute atomic E-state index is 14.0. The van der Waals surface area contributed by atoms with Crippen molar-refractivity contribution in [2.75, 3.05) is 6.54 Å². The van der Waals surface area contributed by atoms with Crippen molar-refractivity contribution < 1.29 is 4.39 Å². The fraction of sp³-hybridized carbons (Fsp3) is 0.600. The molecule has 0 amide bonds. The summed E-state index contributed by atoms with van der Waals surface area (Å²) in [6.07, 6.45) is 1.86. The SMILES string of the molecule is CC(CCN)Cc1cc(Cl)c(F)c(C(C)(C)C)c1. The fourth-order valence-electron chi connectivity index (χ4n) is 2.10. The second-order valence-electron chi connectivity index (χ2n) is 6.08. The van der Waals surface area contributed by atoms with Gasteiger partial charge >= 0.3 is 0 Å². The molecule has 0 aliphatic carbocycles. The van der Waals surface area contributed by atoms with Gasteiger partial charge in [-0.1, -0.05) is 45.4 Å². The lowest BCUT2D eigenvalue weighted by Gasteiger charge is -2.22. The highest BCUT2D eigenvalue weighted by Crippen LogP contribution is 2.31. The van der Waals surface area contributed by atoms with Crippen molar-refractivity contribution in [2.24, 2.45) is 11.7 Å². The average molecular weight is 272 g/mol. The molecule has 0 spiro atoms. The quantitative estimate of drug-likeness (QED) is 0.868. The Morgan fingerprint density at radius 2 is 1.94 bits per heavy atom. The molecule has 1 aromatic carbocycles. The molecule has 0 fully saturated rings. The van der Waals surface area contributed by atoms with Crippen molar-refractivity contribution in [3.05, 3.63) is 34.1 Å². The number of nitrogens with two attached hydrogens (primary N) is 1. The van der Waals surface area contributed by atoms with Gasteiger partial charge in [-0.25, -0.2) is 4.39 Å². The zero-order valence-electron chi connectivity index (χ0n) is 11.7. The Morgan fingerprint density at radius 3 is 2.44 bits per heavy atom. The van der Waals surface area contributed by atoms with Crippen molar-refractivity contribution in [1.29, 1.82) is 0 Å². The third kappa shape index (κ3) is 3.96. The third-order valence-electron chi connectivity index (χ3n) is 3.14. The maximum atomic E-state index is 14.0. The van der Waals surface area contributed by atoms with Crippen molar-refractivity contribution in [3.8, 4) is 0 Å². The Balaban J connectivity index is 3.05. The van der Waals surface area contributed by atoms with Crippen LogP contribution in [-0.2, 0) is 11.8 Å². The molecule has 1 unspecified atom stereocenters. The molecule has 1 aromatic rings. The van der Waals surface area contributed by atoms with Crippen LogP contribution in [0.1, 0.15) is 45.2 Å². The molecule has 0 aromatic heterocycles. The number of halogens is 2. The first-order valence-electron chi connectivity index (χ1n) is 6.44. The molecule has 0 bridgehead atoms. The highest BCUT2D eigenvalue weighted by Gasteiger charge is 2.21. The number of benzene rings is 1. The Kier molecular flexibility index (Phi) is 5.18. The Hall–Kier alpha value is -0.600. The molecule has 1 rings (SSSR count). The van der Waals surface area contributed by atoms with Crippen LogP contribution in [0.5, 0.6) is 0 Å². The van der Waals surface area contributed by atoms with Crippen LogP contribution in [0.15, 0.2) is 12.1 Å². The summed E-state index contributed by atoms with van der Waals surface area (Å²) < 4.78 is 14.0. The normalized spacial score (nSPS) is 13.7. The molecule has 1 nitrogen and oxygen atoms in total. The van der Waals surface area contributed by atoms with Crippen molar-refractivity contribution in [1.82, 2.24) is 0 Å². The minimum Gasteiger partial charge on any atom is -0.330 e. The van der Waals surface area contributed by atoms with E-state index in [2.05, 4.69) is 6.92 Å². The third-order valence-corrected chi connectivity index (χ3v) is 3.41. The lowest BCUT2D eigenvalue weighted by atomic mass is 9.84. The summed E-state index contributed by atoms with van der Waals surface area (Å²) in [6.45, 7) is 8.82. The van der Waals surface area contributed by atoms with E-state index in [1.54, 1.807) is 6.07 Å². The Labute approximate surface area is 115 Å².